The van der Waals surface area contributed by atoms with Gasteiger partial charge in [0.25, 0.3) is 0 Å². The molecule has 0 spiro atoms. The van der Waals surface area contributed by atoms with Crippen LogP contribution >= 0.6 is 0 Å². The molecule has 1 aliphatic rings. The highest BCUT2D eigenvalue weighted by molar-refractivity contribution is 6.14. The first-order valence-corrected chi connectivity index (χ1v) is 5.30. The number of hydrogen-bond donors (Lipinski definition) is 2. The number of ketones is 1. The quantitative estimate of drug-likeness (QED) is 0.771. The van der Waals surface area contributed by atoms with Gasteiger partial charge in [0.1, 0.15) is 17.8 Å². The number of aliphatic hydroxyl groups excluding tert-OH is 1. The molecule has 0 bridgehead atoms. The van der Waals surface area contributed by atoms with E-state index in [1.807, 2.05) is 0 Å². The van der Waals surface area contributed by atoms with Crippen LogP contribution in [-0.4, -0.2) is 23.4 Å². The maximum Gasteiger partial charge on any atom is 0.238 e. The molecular weight excluding hydrogens is 225 g/mol. The van der Waals surface area contributed by atoms with Crippen molar-refractivity contribution in [2.24, 2.45) is 5.41 Å². The van der Waals surface area contributed by atoms with E-state index in [0.717, 1.165) is 0 Å². The van der Waals surface area contributed by atoms with Gasteiger partial charge in [-0.05, 0) is 37.1 Å². The third-order valence-corrected chi connectivity index (χ3v) is 2.96. The summed E-state index contributed by atoms with van der Waals surface area (Å²) in [5, 5.41) is 11.3. The number of rotatable bonds is 4. The predicted octanol–water partition coefficient (Wildman–Crippen LogP) is 1.11. The molecule has 0 aromatic heterocycles. The zero-order chi connectivity index (χ0) is 12.5. The molecule has 1 aromatic carbocycles. The van der Waals surface area contributed by atoms with Crippen molar-refractivity contribution >= 4 is 17.4 Å². The van der Waals surface area contributed by atoms with Crippen LogP contribution in [0.4, 0.5) is 10.1 Å². The third kappa shape index (κ3) is 2.19. The lowest BCUT2D eigenvalue weighted by molar-refractivity contribution is -0.134. The molecule has 2 N–H and O–H groups in total. The van der Waals surface area contributed by atoms with E-state index < -0.39 is 29.5 Å². The maximum absolute atomic E-state index is 12.7. The fourth-order valence-electron chi connectivity index (χ4n) is 1.69. The number of aliphatic hydroxyl groups is 1. The van der Waals surface area contributed by atoms with E-state index in [9.17, 15) is 14.0 Å². The lowest BCUT2D eigenvalue weighted by Crippen LogP contribution is -2.33. The summed E-state index contributed by atoms with van der Waals surface area (Å²) in [6.07, 6.45) is 0.916. The van der Waals surface area contributed by atoms with Crippen molar-refractivity contribution in [2.75, 3.05) is 11.9 Å². The first-order chi connectivity index (χ1) is 8.08. The highest BCUT2D eigenvalue weighted by Crippen LogP contribution is 2.47. The molecule has 4 nitrogen and oxygen atoms in total. The SMILES string of the molecule is O=C(CO)C1(C(=O)Nc2ccc(F)cc2)CC1. The van der Waals surface area contributed by atoms with Crippen molar-refractivity contribution in [1.82, 2.24) is 0 Å². The Morgan fingerprint density at radius 3 is 2.35 bits per heavy atom. The van der Waals surface area contributed by atoms with E-state index in [0.29, 0.717) is 18.5 Å². The number of halogens is 1. The highest BCUT2D eigenvalue weighted by Gasteiger charge is 2.55. The van der Waals surface area contributed by atoms with E-state index in [-0.39, 0.29) is 0 Å². The summed E-state index contributed by atoms with van der Waals surface area (Å²) in [5.41, 5.74) is -0.628. The molecule has 1 saturated carbocycles. The molecule has 1 aromatic rings. The van der Waals surface area contributed by atoms with E-state index in [1.165, 1.54) is 24.3 Å². The molecule has 0 atom stereocenters. The van der Waals surface area contributed by atoms with Crippen LogP contribution in [0.15, 0.2) is 24.3 Å². The Morgan fingerprint density at radius 2 is 1.88 bits per heavy atom. The van der Waals surface area contributed by atoms with Crippen LogP contribution in [0.1, 0.15) is 12.8 Å². The van der Waals surface area contributed by atoms with Gasteiger partial charge in [0.2, 0.25) is 5.91 Å². The molecule has 90 valence electrons. The number of hydrogen-bond acceptors (Lipinski definition) is 3. The molecule has 0 heterocycles. The van der Waals surface area contributed by atoms with Gasteiger partial charge in [-0.15, -0.1) is 0 Å². The lowest BCUT2D eigenvalue weighted by Gasteiger charge is -2.12. The van der Waals surface area contributed by atoms with Crippen LogP contribution in [0.3, 0.4) is 0 Å². The standard InChI is InChI=1S/C12H12FNO3/c13-8-1-3-9(4-2-8)14-11(17)12(5-6-12)10(16)7-15/h1-4,15H,5-7H2,(H,14,17). The minimum absolute atomic E-state index is 0.393. The number of amides is 1. The van der Waals surface area contributed by atoms with Crippen LogP contribution in [0.25, 0.3) is 0 Å². The molecule has 1 fully saturated rings. The van der Waals surface area contributed by atoms with Crippen LogP contribution in [-0.2, 0) is 9.59 Å². The van der Waals surface area contributed by atoms with Gasteiger partial charge in [0.05, 0.1) is 0 Å². The zero-order valence-electron chi connectivity index (χ0n) is 9.07. The van der Waals surface area contributed by atoms with Gasteiger partial charge in [-0.3, -0.25) is 9.59 Å². The predicted molar refractivity (Wildman–Crippen MR) is 58.8 cm³/mol. The smallest absolute Gasteiger partial charge is 0.238 e. The van der Waals surface area contributed by atoms with E-state index in [2.05, 4.69) is 5.32 Å². The Bertz CT molecular complexity index is 451. The second kappa shape index (κ2) is 4.25. The summed E-state index contributed by atoms with van der Waals surface area (Å²) in [5.74, 6) is -1.28. The van der Waals surface area contributed by atoms with Crippen molar-refractivity contribution in [3.8, 4) is 0 Å². The number of carbonyl (C=O) groups is 2. The Morgan fingerprint density at radius 1 is 1.29 bits per heavy atom. The van der Waals surface area contributed by atoms with Crippen LogP contribution in [0, 0.1) is 11.2 Å². The number of nitrogens with one attached hydrogen (secondary N) is 1. The van der Waals surface area contributed by atoms with Gasteiger partial charge in [0, 0.05) is 5.69 Å². The average Bonchev–Trinajstić information content (AvgIpc) is 3.12. The highest BCUT2D eigenvalue weighted by atomic mass is 19.1. The molecule has 1 aliphatic carbocycles. The Kier molecular flexibility index (Phi) is 2.93. The van der Waals surface area contributed by atoms with Crippen molar-refractivity contribution in [2.45, 2.75) is 12.8 Å². The average molecular weight is 237 g/mol. The Hall–Kier alpha value is -1.75. The molecule has 1 amide bonds. The number of carbonyl (C=O) groups excluding carboxylic acids is 2. The van der Waals surface area contributed by atoms with Crippen LogP contribution in [0.2, 0.25) is 0 Å². The van der Waals surface area contributed by atoms with Crippen molar-refractivity contribution in [3.63, 3.8) is 0 Å². The second-order valence-corrected chi connectivity index (χ2v) is 4.12. The normalized spacial score (nSPS) is 16.4. The fourth-order valence-corrected chi connectivity index (χ4v) is 1.69. The van der Waals surface area contributed by atoms with Gasteiger partial charge < -0.3 is 10.4 Å². The lowest BCUT2D eigenvalue weighted by atomic mass is 10.0. The number of Topliss-reactive ketones (excluding diaryl/α,β-unsaturated/α-hetero) is 1. The Balaban J connectivity index is 2.07. The molecule has 5 heteroatoms. The summed E-state index contributed by atoms with van der Waals surface area (Å²) in [6.45, 7) is -0.628. The largest absolute Gasteiger partial charge is 0.389 e. The van der Waals surface area contributed by atoms with E-state index >= 15 is 0 Å². The van der Waals surface area contributed by atoms with Gasteiger partial charge in [0.15, 0.2) is 5.78 Å². The van der Waals surface area contributed by atoms with Crippen LogP contribution in [0.5, 0.6) is 0 Å². The number of anilines is 1. The van der Waals surface area contributed by atoms with Gasteiger partial charge in [-0.1, -0.05) is 0 Å². The minimum atomic E-state index is -1.07. The van der Waals surface area contributed by atoms with E-state index in [4.69, 9.17) is 5.11 Å². The first-order valence-electron chi connectivity index (χ1n) is 5.30. The molecule has 0 radical (unpaired) electrons. The molecule has 0 aliphatic heterocycles. The summed E-state index contributed by atoms with van der Waals surface area (Å²) < 4.78 is 12.7. The summed E-state index contributed by atoms with van der Waals surface area (Å²) in [4.78, 5) is 23.3. The molecule has 2 rings (SSSR count). The first kappa shape index (κ1) is 11.7. The van der Waals surface area contributed by atoms with Crippen molar-refractivity contribution in [1.29, 1.82) is 0 Å². The topological polar surface area (TPSA) is 66.4 Å². The molecule has 17 heavy (non-hydrogen) atoms. The minimum Gasteiger partial charge on any atom is -0.389 e. The maximum atomic E-state index is 12.7. The molecule has 0 saturated heterocycles. The van der Waals surface area contributed by atoms with Gasteiger partial charge in [-0.25, -0.2) is 4.39 Å². The third-order valence-electron chi connectivity index (χ3n) is 2.96. The fraction of sp³-hybridized carbons (Fsp3) is 0.333. The summed E-state index contributed by atoms with van der Waals surface area (Å²) in [7, 11) is 0. The molecule has 0 unspecified atom stereocenters. The van der Waals surface area contributed by atoms with Crippen molar-refractivity contribution in [3.05, 3.63) is 30.1 Å². The van der Waals surface area contributed by atoms with Crippen LogP contribution < -0.4 is 5.32 Å². The summed E-state index contributed by atoms with van der Waals surface area (Å²) in [6, 6.07) is 5.30. The Labute approximate surface area is 97.4 Å². The van der Waals surface area contributed by atoms with Gasteiger partial charge >= 0.3 is 0 Å². The van der Waals surface area contributed by atoms with Crippen molar-refractivity contribution < 1.29 is 19.1 Å². The second-order valence-electron chi connectivity index (χ2n) is 4.12. The van der Waals surface area contributed by atoms with Gasteiger partial charge in [-0.2, -0.15) is 0 Å². The van der Waals surface area contributed by atoms with E-state index in [1.54, 1.807) is 0 Å². The summed E-state index contributed by atoms with van der Waals surface area (Å²) >= 11 is 0. The zero-order valence-corrected chi connectivity index (χ0v) is 9.07. The number of benzene rings is 1. The molecular formula is C12H12FNO3. The monoisotopic (exact) mass is 237 g/mol.